The average Bonchev–Trinajstić information content (AvgIpc) is 3.16. The summed E-state index contributed by atoms with van der Waals surface area (Å²) in [7, 11) is 0. The zero-order chi connectivity index (χ0) is 18.0. The maximum absolute atomic E-state index is 12.2. The van der Waals surface area contributed by atoms with Crippen LogP contribution in [0.3, 0.4) is 0 Å². The number of unbranched alkanes of at least 4 members (excludes halogenated alkanes) is 1. The summed E-state index contributed by atoms with van der Waals surface area (Å²) >= 11 is 0. The lowest BCUT2D eigenvalue weighted by Crippen LogP contribution is -2.24. The number of aromatic nitrogens is 4. The molecule has 0 bridgehead atoms. The zero-order valence-electron chi connectivity index (χ0n) is 13.8. The predicted octanol–water partition coefficient (Wildman–Crippen LogP) is -0.111. The van der Waals surface area contributed by atoms with Gasteiger partial charge in [0, 0.05) is 12.8 Å². The number of amides is 1. The third-order valence-electron chi connectivity index (χ3n) is 4.14. The van der Waals surface area contributed by atoms with Gasteiger partial charge in [0.1, 0.15) is 12.3 Å². The summed E-state index contributed by atoms with van der Waals surface area (Å²) < 4.78 is 7.09. The lowest BCUT2D eigenvalue weighted by atomic mass is 10.2. The first-order valence-corrected chi connectivity index (χ1v) is 8.24. The fourth-order valence-corrected chi connectivity index (χ4v) is 2.78. The van der Waals surface area contributed by atoms with Crippen LogP contribution in [0.1, 0.15) is 38.8 Å². The molecular weight excluding hydrogens is 330 g/mol. The van der Waals surface area contributed by atoms with Crippen LogP contribution < -0.4 is 10.9 Å². The molecule has 3 atom stereocenters. The number of hydrogen-bond acceptors (Lipinski definition) is 7. The molecule has 1 aliphatic heterocycles. The van der Waals surface area contributed by atoms with Crippen molar-refractivity contribution in [2.24, 2.45) is 0 Å². The predicted molar refractivity (Wildman–Crippen MR) is 87.9 cm³/mol. The van der Waals surface area contributed by atoms with Gasteiger partial charge in [-0.25, -0.2) is 4.98 Å². The molecule has 136 valence electrons. The number of nitrogens with zero attached hydrogens (tertiary/aromatic N) is 3. The molecule has 1 saturated heterocycles. The summed E-state index contributed by atoms with van der Waals surface area (Å²) in [6.45, 7) is 1.67. The van der Waals surface area contributed by atoms with E-state index in [1.165, 1.54) is 10.9 Å². The Labute approximate surface area is 142 Å². The van der Waals surface area contributed by atoms with Crippen molar-refractivity contribution in [2.75, 3.05) is 11.9 Å². The van der Waals surface area contributed by atoms with Crippen LogP contribution in [-0.4, -0.2) is 54.5 Å². The number of aliphatic hydroxyl groups excluding tert-OH is 2. The van der Waals surface area contributed by atoms with Crippen LogP contribution in [0.25, 0.3) is 11.2 Å². The number of ether oxygens (including phenoxy) is 1. The van der Waals surface area contributed by atoms with Gasteiger partial charge in [-0.3, -0.25) is 24.5 Å². The van der Waals surface area contributed by atoms with Crippen molar-refractivity contribution < 1.29 is 19.7 Å². The summed E-state index contributed by atoms with van der Waals surface area (Å²) in [5.74, 6) is -0.194. The Morgan fingerprint density at radius 3 is 3.04 bits per heavy atom. The highest BCUT2D eigenvalue weighted by Gasteiger charge is 2.35. The Morgan fingerprint density at radius 1 is 1.56 bits per heavy atom. The van der Waals surface area contributed by atoms with Crippen molar-refractivity contribution in [1.29, 1.82) is 0 Å². The minimum Gasteiger partial charge on any atom is -0.394 e. The molecule has 10 heteroatoms. The van der Waals surface area contributed by atoms with Gasteiger partial charge in [0.05, 0.1) is 19.0 Å². The van der Waals surface area contributed by atoms with Gasteiger partial charge in [-0.2, -0.15) is 4.98 Å². The fourth-order valence-electron chi connectivity index (χ4n) is 2.78. The van der Waals surface area contributed by atoms with Crippen molar-refractivity contribution in [1.82, 2.24) is 19.5 Å². The van der Waals surface area contributed by atoms with Crippen LogP contribution in [0.2, 0.25) is 0 Å². The van der Waals surface area contributed by atoms with Crippen LogP contribution in [0, 0.1) is 0 Å². The van der Waals surface area contributed by atoms with E-state index in [9.17, 15) is 19.8 Å². The van der Waals surface area contributed by atoms with Crippen LogP contribution in [0.15, 0.2) is 11.1 Å². The maximum atomic E-state index is 12.2. The van der Waals surface area contributed by atoms with Crippen LogP contribution in [-0.2, 0) is 9.53 Å². The molecule has 10 nitrogen and oxygen atoms in total. The number of hydrogen-bond donors (Lipinski definition) is 4. The van der Waals surface area contributed by atoms with E-state index in [2.05, 4.69) is 20.3 Å². The molecule has 1 unspecified atom stereocenters. The molecule has 0 aromatic carbocycles. The molecule has 1 fully saturated rings. The standard InChI is InChI=1S/C15H21N5O5/c1-2-3-4-10(23)17-15-18-13-12(14(24)19-15)16-7-20(13)11-5-8(22)9(6-21)25-11/h7-9,11,21-22H,2-6H2,1H3,(H2,17,18,19,23,24)/t8-,9+,11?/m0/s1. The summed E-state index contributed by atoms with van der Waals surface area (Å²) in [4.78, 5) is 34.8. The van der Waals surface area contributed by atoms with E-state index in [4.69, 9.17) is 4.74 Å². The van der Waals surface area contributed by atoms with E-state index >= 15 is 0 Å². The van der Waals surface area contributed by atoms with Crippen molar-refractivity contribution in [3.63, 3.8) is 0 Å². The topological polar surface area (TPSA) is 142 Å². The number of carbonyl (C=O) groups is 1. The smallest absolute Gasteiger partial charge is 0.280 e. The first-order valence-electron chi connectivity index (χ1n) is 8.24. The van der Waals surface area contributed by atoms with Gasteiger partial charge in [-0.05, 0) is 6.42 Å². The molecule has 1 amide bonds. The molecule has 0 spiro atoms. The molecule has 1 aliphatic rings. The Balaban J connectivity index is 1.89. The minimum absolute atomic E-state index is 0.0395. The van der Waals surface area contributed by atoms with Gasteiger partial charge < -0.3 is 14.9 Å². The number of anilines is 1. The number of rotatable bonds is 6. The molecule has 2 aromatic rings. The Bertz CT molecular complexity index is 816. The Hall–Kier alpha value is -2.30. The number of aliphatic hydroxyl groups is 2. The van der Waals surface area contributed by atoms with Gasteiger partial charge in [-0.1, -0.05) is 13.3 Å². The summed E-state index contributed by atoms with van der Waals surface area (Å²) in [5, 5.41) is 21.6. The van der Waals surface area contributed by atoms with Crippen LogP contribution in [0.5, 0.6) is 0 Å². The lowest BCUT2D eigenvalue weighted by molar-refractivity contribution is -0.116. The molecule has 0 radical (unpaired) electrons. The molecule has 0 saturated carbocycles. The summed E-state index contributed by atoms with van der Waals surface area (Å²) in [5.41, 5.74) is -0.130. The number of aromatic amines is 1. The van der Waals surface area contributed by atoms with E-state index in [1.54, 1.807) is 0 Å². The third kappa shape index (κ3) is 3.55. The molecule has 3 heterocycles. The highest BCUT2D eigenvalue weighted by molar-refractivity contribution is 5.89. The molecule has 3 rings (SSSR count). The quantitative estimate of drug-likeness (QED) is 0.568. The van der Waals surface area contributed by atoms with Crippen molar-refractivity contribution in [2.45, 2.75) is 51.0 Å². The molecular formula is C15H21N5O5. The fraction of sp³-hybridized carbons (Fsp3) is 0.600. The van der Waals surface area contributed by atoms with Crippen molar-refractivity contribution in [3.8, 4) is 0 Å². The Morgan fingerprint density at radius 2 is 2.36 bits per heavy atom. The summed E-state index contributed by atoms with van der Waals surface area (Å²) in [6, 6.07) is 0. The van der Waals surface area contributed by atoms with Gasteiger partial charge in [-0.15, -0.1) is 0 Å². The first-order chi connectivity index (χ1) is 12.0. The largest absolute Gasteiger partial charge is 0.394 e. The highest BCUT2D eigenvalue weighted by atomic mass is 16.5. The molecule has 0 aliphatic carbocycles. The number of imidazole rings is 1. The second kappa shape index (κ2) is 7.30. The number of nitrogens with one attached hydrogen (secondary N) is 2. The van der Waals surface area contributed by atoms with E-state index in [0.29, 0.717) is 6.42 Å². The number of H-pyrrole nitrogens is 1. The second-order valence-electron chi connectivity index (χ2n) is 6.01. The summed E-state index contributed by atoms with van der Waals surface area (Å²) in [6.07, 6.45) is 1.49. The van der Waals surface area contributed by atoms with Gasteiger partial charge in [0.15, 0.2) is 11.2 Å². The third-order valence-corrected chi connectivity index (χ3v) is 4.14. The van der Waals surface area contributed by atoms with Gasteiger partial charge >= 0.3 is 0 Å². The highest BCUT2D eigenvalue weighted by Crippen LogP contribution is 2.30. The number of carbonyl (C=O) groups excluding carboxylic acids is 1. The van der Waals surface area contributed by atoms with Crippen LogP contribution >= 0.6 is 0 Å². The SMILES string of the molecule is CCCCC(=O)Nc1nc2c(ncn2C2C[C@H](O)[C@@H](CO)O2)c(=O)[nH]1. The van der Waals surface area contributed by atoms with Gasteiger partial charge in [0.2, 0.25) is 11.9 Å². The van der Waals surface area contributed by atoms with E-state index in [-0.39, 0.29) is 36.0 Å². The molecule has 25 heavy (non-hydrogen) atoms. The average molecular weight is 351 g/mol. The van der Waals surface area contributed by atoms with Crippen molar-refractivity contribution >= 4 is 23.0 Å². The normalized spacial score (nSPS) is 23.2. The zero-order valence-corrected chi connectivity index (χ0v) is 13.8. The first kappa shape index (κ1) is 17.5. The van der Waals surface area contributed by atoms with Gasteiger partial charge in [0.25, 0.3) is 5.56 Å². The monoisotopic (exact) mass is 351 g/mol. The van der Waals surface area contributed by atoms with Crippen LogP contribution in [0.4, 0.5) is 5.95 Å². The Kier molecular flexibility index (Phi) is 5.11. The second-order valence-corrected chi connectivity index (χ2v) is 6.01. The minimum atomic E-state index is -0.817. The maximum Gasteiger partial charge on any atom is 0.280 e. The molecule has 2 aromatic heterocycles. The number of fused-ring (bicyclic) bond motifs is 1. The van der Waals surface area contributed by atoms with E-state index in [1.807, 2.05) is 6.92 Å². The molecule has 4 N–H and O–H groups in total. The van der Waals surface area contributed by atoms with Crippen molar-refractivity contribution in [3.05, 3.63) is 16.7 Å². The van der Waals surface area contributed by atoms with E-state index < -0.39 is 24.0 Å². The van der Waals surface area contributed by atoms with E-state index in [0.717, 1.165) is 12.8 Å². The lowest BCUT2D eigenvalue weighted by Gasteiger charge is -2.13.